The van der Waals surface area contributed by atoms with E-state index >= 15 is 0 Å². The monoisotopic (exact) mass is 272 g/mol. The fourth-order valence-electron chi connectivity index (χ4n) is 2.09. The highest BCUT2D eigenvalue weighted by molar-refractivity contribution is 5.89. The lowest BCUT2D eigenvalue weighted by atomic mass is 9.97. The summed E-state index contributed by atoms with van der Waals surface area (Å²) in [6, 6.07) is 5.03. The number of H-pyrrole nitrogens is 1. The number of aromatic amines is 1. The molecule has 5 heteroatoms. The molecule has 0 unspecified atom stereocenters. The fraction of sp³-hybridized carbons (Fsp3) is 0.267. The zero-order chi connectivity index (χ0) is 14.7. The maximum Gasteiger partial charge on any atom is 0.341 e. The first kappa shape index (κ1) is 14.0. The maximum atomic E-state index is 11.8. The Morgan fingerprint density at radius 3 is 2.55 bits per heavy atom. The summed E-state index contributed by atoms with van der Waals surface area (Å²) in [5.74, 6) is -0.875. The summed E-state index contributed by atoms with van der Waals surface area (Å²) < 4.78 is 0. The molecule has 0 fully saturated rings. The highest BCUT2D eigenvalue weighted by atomic mass is 16.4. The largest absolute Gasteiger partial charge is 0.477 e. The van der Waals surface area contributed by atoms with Gasteiger partial charge in [0.2, 0.25) is 0 Å². The van der Waals surface area contributed by atoms with E-state index in [-0.39, 0.29) is 5.56 Å². The molecule has 5 nitrogen and oxygen atoms in total. The molecule has 0 aliphatic heterocycles. The number of rotatable bonds is 4. The Bertz CT molecular complexity index is 675. The molecule has 0 aromatic carbocycles. The Hall–Kier alpha value is -2.43. The molecule has 104 valence electrons. The lowest BCUT2D eigenvalue weighted by Crippen LogP contribution is -2.20. The van der Waals surface area contributed by atoms with E-state index < -0.39 is 11.5 Å². The van der Waals surface area contributed by atoms with E-state index in [0.29, 0.717) is 12.3 Å². The van der Waals surface area contributed by atoms with Crippen molar-refractivity contribution < 1.29 is 9.90 Å². The molecule has 2 heterocycles. The topological polar surface area (TPSA) is 83.0 Å². The van der Waals surface area contributed by atoms with Crippen molar-refractivity contribution in [1.29, 1.82) is 0 Å². The van der Waals surface area contributed by atoms with Gasteiger partial charge in [-0.25, -0.2) is 4.79 Å². The van der Waals surface area contributed by atoms with E-state index in [1.807, 2.05) is 13.8 Å². The Labute approximate surface area is 116 Å². The first-order chi connectivity index (χ1) is 9.49. The van der Waals surface area contributed by atoms with Gasteiger partial charge in [-0.2, -0.15) is 0 Å². The third-order valence-corrected chi connectivity index (χ3v) is 2.96. The van der Waals surface area contributed by atoms with Gasteiger partial charge < -0.3 is 10.1 Å². The van der Waals surface area contributed by atoms with Gasteiger partial charge in [0.25, 0.3) is 5.56 Å². The van der Waals surface area contributed by atoms with Crippen LogP contribution in [0, 0.1) is 5.92 Å². The number of nitrogens with zero attached hydrogens (tertiary/aromatic N) is 1. The molecule has 2 aromatic rings. The lowest BCUT2D eigenvalue weighted by molar-refractivity contribution is 0.0695. The standard InChI is InChI=1S/C15H16N2O3/c1-9(2)7-13-11(10-3-5-16-6-4-10)8-12(15(19)20)14(18)17-13/h3-6,8-9H,7H2,1-2H3,(H,17,18)(H,19,20). The van der Waals surface area contributed by atoms with Crippen molar-refractivity contribution in [3.05, 3.63) is 52.2 Å². The van der Waals surface area contributed by atoms with E-state index in [4.69, 9.17) is 5.11 Å². The molecule has 0 saturated heterocycles. The molecule has 2 N–H and O–H groups in total. The van der Waals surface area contributed by atoms with Crippen molar-refractivity contribution in [1.82, 2.24) is 9.97 Å². The maximum absolute atomic E-state index is 11.8. The zero-order valence-electron chi connectivity index (χ0n) is 11.4. The SMILES string of the molecule is CC(C)Cc1[nH]c(=O)c(C(=O)O)cc1-c1ccncc1. The van der Waals surface area contributed by atoms with Crippen molar-refractivity contribution >= 4 is 5.97 Å². The quantitative estimate of drug-likeness (QED) is 0.894. The van der Waals surface area contributed by atoms with Crippen LogP contribution in [-0.4, -0.2) is 21.0 Å². The summed E-state index contributed by atoms with van der Waals surface area (Å²) in [4.78, 5) is 29.6. The minimum Gasteiger partial charge on any atom is -0.477 e. The van der Waals surface area contributed by atoms with Crippen LogP contribution in [0.5, 0.6) is 0 Å². The molecule has 0 atom stereocenters. The number of nitrogens with one attached hydrogen (secondary N) is 1. The second-order valence-corrected chi connectivity index (χ2v) is 5.04. The minimum absolute atomic E-state index is 0.246. The zero-order valence-corrected chi connectivity index (χ0v) is 11.4. The van der Waals surface area contributed by atoms with E-state index in [1.54, 1.807) is 24.5 Å². The van der Waals surface area contributed by atoms with Crippen molar-refractivity contribution in [3.8, 4) is 11.1 Å². The van der Waals surface area contributed by atoms with Gasteiger partial charge in [0.05, 0.1) is 0 Å². The predicted octanol–water partition coefficient (Wildman–Crippen LogP) is 2.33. The molecule has 0 spiro atoms. The molecule has 0 aliphatic carbocycles. The highest BCUT2D eigenvalue weighted by Crippen LogP contribution is 2.23. The van der Waals surface area contributed by atoms with Crippen molar-refractivity contribution in [3.63, 3.8) is 0 Å². The van der Waals surface area contributed by atoms with Gasteiger partial charge in [0, 0.05) is 23.7 Å². The number of pyridine rings is 2. The van der Waals surface area contributed by atoms with Gasteiger partial charge in [-0.1, -0.05) is 13.8 Å². The van der Waals surface area contributed by atoms with Gasteiger partial charge >= 0.3 is 5.97 Å². The summed E-state index contributed by atoms with van der Waals surface area (Å²) in [6.45, 7) is 4.08. The Morgan fingerprint density at radius 2 is 2.00 bits per heavy atom. The summed E-state index contributed by atoms with van der Waals surface area (Å²) in [5.41, 5.74) is 1.52. The molecule has 0 amide bonds. The molecular formula is C15H16N2O3. The van der Waals surface area contributed by atoms with Crippen LogP contribution in [0.2, 0.25) is 0 Å². The predicted molar refractivity (Wildman–Crippen MR) is 75.8 cm³/mol. The van der Waals surface area contributed by atoms with Gasteiger partial charge in [-0.15, -0.1) is 0 Å². The Morgan fingerprint density at radius 1 is 1.35 bits per heavy atom. The van der Waals surface area contributed by atoms with Crippen LogP contribution < -0.4 is 5.56 Å². The van der Waals surface area contributed by atoms with Crippen molar-refractivity contribution in [2.24, 2.45) is 5.92 Å². The Balaban J connectivity index is 2.65. The highest BCUT2D eigenvalue weighted by Gasteiger charge is 2.15. The van der Waals surface area contributed by atoms with Crippen LogP contribution in [0.4, 0.5) is 0 Å². The van der Waals surface area contributed by atoms with Crippen LogP contribution in [0.3, 0.4) is 0 Å². The molecule has 0 radical (unpaired) electrons. The van der Waals surface area contributed by atoms with Gasteiger partial charge in [0.1, 0.15) is 5.56 Å². The van der Waals surface area contributed by atoms with Crippen LogP contribution in [-0.2, 0) is 6.42 Å². The second-order valence-electron chi connectivity index (χ2n) is 5.04. The van der Waals surface area contributed by atoms with Gasteiger partial charge in [-0.05, 0) is 36.1 Å². The number of carboxylic acid groups (broad SMARTS) is 1. The van der Waals surface area contributed by atoms with Gasteiger partial charge in [-0.3, -0.25) is 9.78 Å². The van der Waals surface area contributed by atoms with Crippen molar-refractivity contribution in [2.75, 3.05) is 0 Å². The summed E-state index contributed by atoms with van der Waals surface area (Å²) in [7, 11) is 0. The molecular weight excluding hydrogens is 256 g/mol. The minimum atomic E-state index is -1.22. The number of aromatic carboxylic acids is 1. The number of carbonyl (C=O) groups is 1. The number of aromatic nitrogens is 2. The number of carboxylic acids is 1. The van der Waals surface area contributed by atoms with Crippen LogP contribution in [0.1, 0.15) is 29.9 Å². The van der Waals surface area contributed by atoms with E-state index in [1.165, 1.54) is 6.07 Å². The average molecular weight is 272 g/mol. The summed E-state index contributed by atoms with van der Waals surface area (Å²) >= 11 is 0. The molecule has 2 aromatic heterocycles. The van der Waals surface area contributed by atoms with Gasteiger partial charge in [0.15, 0.2) is 0 Å². The fourth-order valence-corrected chi connectivity index (χ4v) is 2.09. The van der Waals surface area contributed by atoms with E-state index in [0.717, 1.165) is 16.8 Å². The molecule has 0 bridgehead atoms. The third kappa shape index (κ3) is 2.93. The second kappa shape index (κ2) is 5.69. The Kier molecular flexibility index (Phi) is 3.98. The summed E-state index contributed by atoms with van der Waals surface area (Å²) in [5, 5.41) is 9.08. The van der Waals surface area contributed by atoms with Crippen LogP contribution >= 0.6 is 0 Å². The normalized spacial score (nSPS) is 10.8. The first-order valence-electron chi connectivity index (χ1n) is 6.39. The van der Waals surface area contributed by atoms with E-state index in [2.05, 4.69) is 9.97 Å². The smallest absolute Gasteiger partial charge is 0.341 e. The third-order valence-electron chi connectivity index (χ3n) is 2.96. The average Bonchev–Trinajstić information content (AvgIpc) is 2.38. The van der Waals surface area contributed by atoms with Crippen LogP contribution in [0.15, 0.2) is 35.4 Å². The first-order valence-corrected chi connectivity index (χ1v) is 6.39. The molecule has 2 rings (SSSR count). The number of hydrogen-bond acceptors (Lipinski definition) is 3. The van der Waals surface area contributed by atoms with E-state index in [9.17, 15) is 9.59 Å². The molecule has 20 heavy (non-hydrogen) atoms. The van der Waals surface area contributed by atoms with Crippen LogP contribution in [0.25, 0.3) is 11.1 Å². The van der Waals surface area contributed by atoms with Crippen molar-refractivity contribution in [2.45, 2.75) is 20.3 Å². The number of hydrogen-bond donors (Lipinski definition) is 2. The molecule has 0 saturated carbocycles. The molecule has 0 aliphatic rings. The summed E-state index contributed by atoms with van der Waals surface area (Å²) in [6.07, 6.45) is 3.95. The lowest BCUT2D eigenvalue weighted by Gasteiger charge is -2.12.